The Morgan fingerprint density at radius 2 is 2.28 bits per heavy atom. The Labute approximate surface area is 112 Å². The first-order chi connectivity index (χ1) is 8.56. The van der Waals surface area contributed by atoms with Crippen molar-refractivity contribution in [2.45, 2.75) is 27.3 Å². The summed E-state index contributed by atoms with van der Waals surface area (Å²) < 4.78 is 6.74. The minimum Gasteiger partial charge on any atom is -0.380 e. The van der Waals surface area contributed by atoms with Gasteiger partial charge in [-0.3, -0.25) is 4.79 Å². The zero-order chi connectivity index (χ0) is 13.5. The van der Waals surface area contributed by atoms with E-state index < -0.39 is 0 Å². The van der Waals surface area contributed by atoms with Gasteiger partial charge >= 0.3 is 0 Å². The van der Waals surface area contributed by atoms with E-state index in [4.69, 9.17) is 16.3 Å². The van der Waals surface area contributed by atoms with Crippen LogP contribution in [-0.2, 0) is 11.3 Å². The van der Waals surface area contributed by atoms with Crippen molar-refractivity contribution in [2.24, 2.45) is 5.92 Å². The van der Waals surface area contributed by atoms with Crippen molar-refractivity contribution in [1.29, 1.82) is 0 Å². The Hall–Kier alpha value is -1.07. The summed E-state index contributed by atoms with van der Waals surface area (Å²) >= 11 is 5.96. The molecule has 5 nitrogen and oxygen atoms in total. The topological polar surface area (TPSA) is 56.1 Å². The average molecular weight is 274 g/mol. The molecule has 0 aliphatic heterocycles. The molecule has 6 heteroatoms. The van der Waals surface area contributed by atoms with Crippen molar-refractivity contribution in [3.05, 3.63) is 21.6 Å². The molecule has 0 aromatic carbocycles. The number of hydrogen-bond acceptors (Lipinski definition) is 4. The molecule has 1 aromatic heterocycles. The Bertz CT molecular complexity index is 432. The molecule has 1 aromatic rings. The predicted molar refractivity (Wildman–Crippen MR) is 73.3 cm³/mol. The largest absolute Gasteiger partial charge is 0.380 e. The van der Waals surface area contributed by atoms with Crippen LogP contribution >= 0.6 is 11.6 Å². The lowest BCUT2D eigenvalue weighted by atomic mass is 10.2. The maximum absolute atomic E-state index is 11.7. The van der Waals surface area contributed by atoms with Gasteiger partial charge in [0.2, 0.25) is 0 Å². The number of ether oxygens (including phenoxy) is 1. The molecule has 1 rings (SSSR count). The smallest absolute Gasteiger partial charge is 0.287 e. The van der Waals surface area contributed by atoms with Crippen molar-refractivity contribution in [2.75, 3.05) is 25.1 Å². The molecule has 0 aliphatic carbocycles. The summed E-state index contributed by atoms with van der Waals surface area (Å²) in [6.45, 7) is 8.45. The van der Waals surface area contributed by atoms with E-state index in [2.05, 4.69) is 24.3 Å². The Morgan fingerprint density at radius 3 is 2.89 bits per heavy atom. The van der Waals surface area contributed by atoms with Gasteiger partial charge in [-0.25, -0.2) is 4.68 Å². The third-order valence-corrected chi connectivity index (χ3v) is 2.66. The van der Waals surface area contributed by atoms with Gasteiger partial charge in [-0.05, 0) is 12.8 Å². The second-order valence-electron chi connectivity index (χ2n) is 4.39. The molecule has 0 aliphatic rings. The summed E-state index contributed by atoms with van der Waals surface area (Å²) in [5.74, 6) is 0.517. The van der Waals surface area contributed by atoms with Crippen LogP contribution in [0.5, 0.6) is 0 Å². The summed E-state index contributed by atoms with van der Waals surface area (Å²) in [7, 11) is 0. The van der Waals surface area contributed by atoms with Crippen LogP contribution in [0.15, 0.2) is 11.0 Å². The first kappa shape index (κ1) is 15.0. The number of anilines is 1. The lowest BCUT2D eigenvalue weighted by Gasteiger charge is -2.10. The Morgan fingerprint density at radius 1 is 1.56 bits per heavy atom. The molecule has 0 spiro atoms. The highest BCUT2D eigenvalue weighted by molar-refractivity contribution is 6.32. The lowest BCUT2D eigenvalue weighted by molar-refractivity contribution is 0.118. The molecule has 0 bridgehead atoms. The number of aryl methyl sites for hydroxylation is 1. The van der Waals surface area contributed by atoms with E-state index in [0.29, 0.717) is 31.3 Å². The molecule has 0 fully saturated rings. The van der Waals surface area contributed by atoms with Crippen LogP contribution in [0.1, 0.15) is 20.8 Å². The molecule has 0 unspecified atom stereocenters. The Kier molecular flexibility index (Phi) is 6.15. The summed E-state index contributed by atoms with van der Waals surface area (Å²) in [6.07, 6.45) is 1.57. The van der Waals surface area contributed by atoms with E-state index in [0.717, 1.165) is 6.61 Å². The number of nitrogens with zero attached hydrogens (tertiary/aromatic N) is 2. The molecule has 1 N–H and O–H groups in total. The van der Waals surface area contributed by atoms with Crippen molar-refractivity contribution >= 4 is 17.3 Å². The van der Waals surface area contributed by atoms with Gasteiger partial charge in [0.05, 0.1) is 18.5 Å². The van der Waals surface area contributed by atoms with Crippen LogP contribution in [0.3, 0.4) is 0 Å². The van der Waals surface area contributed by atoms with Crippen LogP contribution in [0.25, 0.3) is 0 Å². The van der Waals surface area contributed by atoms with E-state index in [1.807, 2.05) is 6.92 Å². The van der Waals surface area contributed by atoms with Gasteiger partial charge in [0.1, 0.15) is 5.02 Å². The quantitative estimate of drug-likeness (QED) is 0.772. The van der Waals surface area contributed by atoms with Crippen LogP contribution in [0.4, 0.5) is 5.69 Å². The first-order valence-electron chi connectivity index (χ1n) is 6.13. The second kappa shape index (κ2) is 7.38. The fourth-order valence-corrected chi connectivity index (χ4v) is 1.60. The van der Waals surface area contributed by atoms with Gasteiger partial charge in [-0.15, -0.1) is 0 Å². The van der Waals surface area contributed by atoms with Crippen LogP contribution in [-0.4, -0.2) is 29.5 Å². The minimum atomic E-state index is -0.271. The maximum Gasteiger partial charge on any atom is 0.287 e. The molecular formula is C12H20ClN3O2. The molecule has 0 saturated carbocycles. The molecule has 0 radical (unpaired) electrons. The maximum atomic E-state index is 11.7. The second-order valence-corrected chi connectivity index (χ2v) is 4.77. The number of aromatic nitrogens is 2. The lowest BCUT2D eigenvalue weighted by Crippen LogP contribution is -2.24. The van der Waals surface area contributed by atoms with Gasteiger partial charge < -0.3 is 10.1 Å². The van der Waals surface area contributed by atoms with Gasteiger partial charge in [-0.1, -0.05) is 25.4 Å². The number of rotatable bonds is 7. The van der Waals surface area contributed by atoms with E-state index in [9.17, 15) is 4.79 Å². The standard InChI is InChI=1S/C12H20ClN3O2/c1-4-16-12(17)11(13)10(7-15-16)14-5-6-18-8-9(2)3/h7,9,14H,4-6,8H2,1-3H3. The van der Waals surface area contributed by atoms with Crippen LogP contribution in [0, 0.1) is 5.92 Å². The third kappa shape index (κ3) is 4.31. The number of nitrogens with one attached hydrogen (secondary N) is 1. The fourth-order valence-electron chi connectivity index (χ4n) is 1.39. The molecule has 18 heavy (non-hydrogen) atoms. The zero-order valence-electron chi connectivity index (χ0n) is 11.1. The summed E-state index contributed by atoms with van der Waals surface area (Å²) in [5, 5.41) is 7.22. The SMILES string of the molecule is CCn1ncc(NCCOCC(C)C)c(Cl)c1=O. The molecule has 0 atom stereocenters. The molecule has 0 saturated heterocycles. The van der Waals surface area contributed by atoms with E-state index in [-0.39, 0.29) is 10.6 Å². The fraction of sp³-hybridized carbons (Fsp3) is 0.667. The molecule has 1 heterocycles. The highest BCUT2D eigenvalue weighted by Crippen LogP contribution is 2.14. The third-order valence-electron chi connectivity index (χ3n) is 2.30. The minimum absolute atomic E-state index is 0.177. The van der Waals surface area contributed by atoms with Gasteiger partial charge in [0.15, 0.2) is 0 Å². The van der Waals surface area contributed by atoms with E-state index in [1.165, 1.54) is 4.68 Å². The first-order valence-corrected chi connectivity index (χ1v) is 6.51. The number of hydrogen-bond donors (Lipinski definition) is 1. The van der Waals surface area contributed by atoms with Crippen LogP contribution in [0.2, 0.25) is 5.02 Å². The zero-order valence-corrected chi connectivity index (χ0v) is 11.8. The summed E-state index contributed by atoms with van der Waals surface area (Å²) in [5.41, 5.74) is 0.284. The van der Waals surface area contributed by atoms with E-state index in [1.54, 1.807) is 6.20 Å². The molecule has 0 amide bonds. The molecule has 102 valence electrons. The van der Waals surface area contributed by atoms with Crippen molar-refractivity contribution in [1.82, 2.24) is 9.78 Å². The highest BCUT2D eigenvalue weighted by Gasteiger charge is 2.07. The Balaban J connectivity index is 2.48. The van der Waals surface area contributed by atoms with Gasteiger partial charge in [0.25, 0.3) is 5.56 Å². The highest BCUT2D eigenvalue weighted by atomic mass is 35.5. The average Bonchev–Trinajstić information content (AvgIpc) is 2.33. The van der Waals surface area contributed by atoms with Crippen molar-refractivity contribution in [3.8, 4) is 0 Å². The van der Waals surface area contributed by atoms with Gasteiger partial charge in [-0.2, -0.15) is 5.10 Å². The summed E-state index contributed by atoms with van der Waals surface area (Å²) in [6, 6.07) is 0. The van der Waals surface area contributed by atoms with Gasteiger partial charge in [0, 0.05) is 19.7 Å². The normalized spacial score (nSPS) is 10.9. The number of halogens is 1. The predicted octanol–water partition coefficient (Wildman–Crippen LogP) is 2.00. The molecular weight excluding hydrogens is 254 g/mol. The van der Waals surface area contributed by atoms with Crippen molar-refractivity contribution < 1.29 is 4.74 Å². The van der Waals surface area contributed by atoms with Crippen molar-refractivity contribution in [3.63, 3.8) is 0 Å². The van der Waals surface area contributed by atoms with E-state index >= 15 is 0 Å². The summed E-state index contributed by atoms with van der Waals surface area (Å²) in [4.78, 5) is 11.7. The monoisotopic (exact) mass is 273 g/mol. The van der Waals surface area contributed by atoms with Crippen LogP contribution < -0.4 is 10.9 Å².